The predicted molar refractivity (Wildman–Crippen MR) is 106 cm³/mol. The molecule has 0 fully saturated rings. The smallest absolute Gasteiger partial charge is 0.264 e. The molecule has 1 heterocycles. The highest BCUT2D eigenvalue weighted by molar-refractivity contribution is 5.97. The number of amides is 1. The summed E-state index contributed by atoms with van der Waals surface area (Å²) in [5, 5.41) is 3.78. The van der Waals surface area contributed by atoms with E-state index in [1.165, 1.54) is 0 Å². The van der Waals surface area contributed by atoms with Crippen LogP contribution in [0.3, 0.4) is 0 Å². The van der Waals surface area contributed by atoms with Crippen LogP contribution in [-0.2, 0) is 0 Å². The average Bonchev–Trinajstić information content (AvgIpc) is 2.57. The van der Waals surface area contributed by atoms with E-state index in [9.17, 15) is 9.59 Å². The first-order chi connectivity index (χ1) is 11.5. The molecule has 0 unspecified atom stereocenters. The van der Waals surface area contributed by atoms with Crippen LogP contribution in [0.25, 0.3) is 10.9 Å². The van der Waals surface area contributed by atoms with Crippen LogP contribution in [0.5, 0.6) is 0 Å². The lowest BCUT2D eigenvalue weighted by molar-refractivity contribution is 0.0947. The van der Waals surface area contributed by atoms with E-state index in [1.54, 1.807) is 10.6 Å². The van der Waals surface area contributed by atoms with Gasteiger partial charge in [0.1, 0.15) is 5.56 Å². The third-order valence-corrected chi connectivity index (χ3v) is 4.31. The molecule has 0 bridgehead atoms. The number of carbonyl (C=O) groups is 1. The minimum atomic E-state index is -0.299. The van der Waals surface area contributed by atoms with Crippen molar-refractivity contribution in [1.29, 1.82) is 0 Å². The summed E-state index contributed by atoms with van der Waals surface area (Å²) in [7, 11) is 0. The van der Waals surface area contributed by atoms with Crippen LogP contribution in [-0.4, -0.2) is 41.6 Å². The molecule has 0 radical (unpaired) electrons. The molecule has 0 aliphatic rings. The molecule has 1 aromatic heterocycles. The fourth-order valence-electron chi connectivity index (χ4n) is 2.92. The molecular weight excluding hydrogens is 338 g/mol. The van der Waals surface area contributed by atoms with Crippen molar-refractivity contribution in [1.82, 2.24) is 14.8 Å². The zero-order valence-corrected chi connectivity index (χ0v) is 16.2. The Labute approximate surface area is 155 Å². The van der Waals surface area contributed by atoms with Crippen molar-refractivity contribution in [3.05, 3.63) is 46.2 Å². The first-order valence-corrected chi connectivity index (χ1v) is 8.64. The van der Waals surface area contributed by atoms with Gasteiger partial charge in [-0.25, -0.2) is 0 Å². The number of hydrogen-bond donors (Lipinski definition) is 1. The maximum Gasteiger partial charge on any atom is 0.264 e. The molecule has 2 aromatic rings. The molecule has 0 saturated heterocycles. The van der Waals surface area contributed by atoms with Gasteiger partial charge in [0.05, 0.1) is 5.52 Å². The number of fused-ring (bicyclic) bond motifs is 1. The van der Waals surface area contributed by atoms with Crippen LogP contribution in [0.1, 0.15) is 44.1 Å². The highest BCUT2D eigenvalue weighted by atomic mass is 35.5. The van der Waals surface area contributed by atoms with E-state index in [0.717, 1.165) is 30.5 Å². The molecule has 0 spiro atoms. The summed E-state index contributed by atoms with van der Waals surface area (Å²) in [6, 6.07) is 9.36. The van der Waals surface area contributed by atoms with Crippen LogP contribution in [0.4, 0.5) is 0 Å². The summed E-state index contributed by atoms with van der Waals surface area (Å²) in [5.74, 6) is -0.299. The van der Waals surface area contributed by atoms with Gasteiger partial charge in [-0.15, -0.1) is 12.4 Å². The Morgan fingerprint density at radius 3 is 2.44 bits per heavy atom. The maximum absolute atomic E-state index is 12.8. The topological polar surface area (TPSA) is 54.3 Å². The van der Waals surface area contributed by atoms with E-state index < -0.39 is 0 Å². The lowest BCUT2D eigenvalue weighted by Gasteiger charge is -2.18. The van der Waals surface area contributed by atoms with Crippen molar-refractivity contribution in [2.75, 3.05) is 26.2 Å². The Kier molecular flexibility index (Phi) is 8.13. The Morgan fingerprint density at radius 2 is 1.84 bits per heavy atom. The van der Waals surface area contributed by atoms with Crippen molar-refractivity contribution < 1.29 is 4.79 Å². The number of hydrogen-bond acceptors (Lipinski definition) is 3. The molecule has 1 N–H and O–H groups in total. The second kappa shape index (κ2) is 9.59. The number of halogens is 1. The summed E-state index contributed by atoms with van der Waals surface area (Å²) in [6.45, 7) is 11.3. The van der Waals surface area contributed by atoms with E-state index in [1.807, 2.05) is 38.1 Å². The third-order valence-electron chi connectivity index (χ3n) is 4.31. The van der Waals surface area contributed by atoms with Gasteiger partial charge in [0.25, 0.3) is 11.5 Å². The number of aromatic nitrogens is 1. The minimum Gasteiger partial charge on any atom is -0.351 e. The van der Waals surface area contributed by atoms with Crippen molar-refractivity contribution in [3.63, 3.8) is 0 Å². The van der Waals surface area contributed by atoms with Gasteiger partial charge in [0.15, 0.2) is 0 Å². The molecule has 0 saturated carbocycles. The second-order valence-electron chi connectivity index (χ2n) is 6.17. The van der Waals surface area contributed by atoms with E-state index in [-0.39, 0.29) is 35.5 Å². The molecule has 1 amide bonds. The zero-order valence-electron chi connectivity index (χ0n) is 15.4. The van der Waals surface area contributed by atoms with E-state index in [2.05, 4.69) is 24.1 Å². The van der Waals surface area contributed by atoms with Crippen LogP contribution >= 0.6 is 12.4 Å². The number of likely N-dealkylation sites (N-methyl/N-ethyl adjacent to an activating group) is 1. The number of nitrogens with zero attached hydrogens (tertiary/aromatic N) is 2. The molecule has 0 aliphatic carbocycles. The fraction of sp³-hybridized carbons (Fsp3) is 0.474. The SMILES string of the molecule is CCN(CC)CCNC(=O)c1cc2ccccc2n(C(C)C)c1=O.Cl. The van der Waals surface area contributed by atoms with E-state index in [0.29, 0.717) is 6.54 Å². The molecule has 1 aromatic carbocycles. The lowest BCUT2D eigenvalue weighted by atomic mass is 10.1. The number of para-hydroxylation sites is 1. The Hall–Kier alpha value is -1.85. The largest absolute Gasteiger partial charge is 0.351 e. The molecule has 6 heteroatoms. The quantitative estimate of drug-likeness (QED) is 0.820. The van der Waals surface area contributed by atoms with Crippen molar-refractivity contribution in [2.45, 2.75) is 33.7 Å². The first kappa shape index (κ1) is 21.2. The second-order valence-corrected chi connectivity index (χ2v) is 6.17. The summed E-state index contributed by atoms with van der Waals surface area (Å²) in [4.78, 5) is 27.5. The predicted octanol–water partition coefficient (Wildman–Crippen LogP) is 3.08. The number of rotatable bonds is 7. The summed E-state index contributed by atoms with van der Waals surface area (Å²) in [5.41, 5.74) is 0.836. The molecule has 0 aliphatic heterocycles. The van der Waals surface area contributed by atoms with Gasteiger partial charge in [-0.2, -0.15) is 0 Å². The van der Waals surface area contributed by atoms with Crippen LogP contribution in [0.15, 0.2) is 35.1 Å². The Bertz CT molecular complexity index is 767. The monoisotopic (exact) mass is 365 g/mol. The van der Waals surface area contributed by atoms with E-state index in [4.69, 9.17) is 0 Å². The van der Waals surface area contributed by atoms with Gasteiger partial charge < -0.3 is 14.8 Å². The molecule has 138 valence electrons. The summed E-state index contributed by atoms with van der Waals surface area (Å²) < 4.78 is 1.69. The molecule has 25 heavy (non-hydrogen) atoms. The zero-order chi connectivity index (χ0) is 17.7. The molecule has 0 atom stereocenters. The fourth-order valence-corrected chi connectivity index (χ4v) is 2.92. The Balaban J connectivity index is 0.00000312. The molecule has 2 rings (SSSR count). The van der Waals surface area contributed by atoms with Gasteiger partial charge >= 0.3 is 0 Å². The van der Waals surface area contributed by atoms with Crippen LogP contribution in [0.2, 0.25) is 0 Å². The Morgan fingerprint density at radius 1 is 1.20 bits per heavy atom. The molecule has 5 nitrogen and oxygen atoms in total. The van der Waals surface area contributed by atoms with Gasteiger partial charge in [-0.3, -0.25) is 9.59 Å². The summed E-state index contributed by atoms with van der Waals surface area (Å²) in [6.07, 6.45) is 0. The van der Waals surface area contributed by atoms with Crippen LogP contribution in [0, 0.1) is 0 Å². The number of carbonyl (C=O) groups excluding carboxylic acids is 1. The van der Waals surface area contributed by atoms with Crippen LogP contribution < -0.4 is 10.9 Å². The standard InChI is InChI=1S/C19H27N3O2.ClH/c1-5-21(6-2)12-11-20-18(23)16-13-15-9-7-8-10-17(15)22(14(3)4)19(16)24;/h7-10,13-14H,5-6,11-12H2,1-4H3,(H,20,23);1H. The number of nitrogens with one attached hydrogen (secondary N) is 1. The van der Waals surface area contributed by atoms with Crippen molar-refractivity contribution >= 4 is 29.2 Å². The van der Waals surface area contributed by atoms with E-state index >= 15 is 0 Å². The first-order valence-electron chi connectivity index (χ1n) is 8.64. The van der Waals surface area contributed by atoms with Gasteiger partial charge in [-0.05, 0) is 44.5 Å². The summed E-state index contributed by atoms with van der Waals surface area (Å²) >= 11 is 0. The maximum atomic E-state index is 12.8. The number of pyridine rings is 1. The highest BCUT2D eigenvalue weighted by Crippen LogP contribution is 2.17. The number of benzene rings is 1. The third kappa shape index (κ3) is 4.83. The molecular formula is C19H28ClN3O2. The normalized spacial score (nSPS) is 11.0. The average molecular weight is 366 g/mol. The van der Waals surface area contributed by atoms with Gasteiger partial charge in [0.2, 0.25) is 0 Å². The van der Waals surface area contributed by atoms with Gasteiger partial charge in [-0.1, -0.05) is 32.0 Å². The van der Waals surface area contributed by atoms with Crippen molar-refractivity contribution in [2.24, 2.45) is 0 Å². The van der Waals surface area contributed by atoms with Gasteiger partial charge in [0, 0.05) is 19.1 Å². The highest BCUT2D eigenvalue weighted by Gasteiger charge is 2.16. The lowest BCUT2D eigenvalue weighted by Crippen LogP contribution is -2.38. The minimum absolute atomic E-state index is 0. The van der Waals surface area contributed by atoms with Crippen molar-refractivity contribution in [3.8, 4) is 0 Å².